The molecule has 0 fully saturated rings. The van der Waals surface area contributed by atoms with Crippen molar-refractivity contribution in [2.24, 2.45) is 0 Å². The topological polar surface area (TPSA) is 89.1 Å². The van der Waals surface area contributed by atoms with Gasteiger partial charge in [-0.2, -0.15) is 0 Å². The van der Waals surface area contributed by atoms with Crippen molar-refractivity contribution in [2.45, 2.75) is 6.42 Å². The molecule has 5 heteroatoms. The van der Waals surface area contributed by atoms with Crippen molar-refractivity contribution >= 4 is 11.8 Å². The molecule has 0 unspecified atom stereocenters. The number of nitrogens with zero attached hydrogens (tertiary/aromatic N) is 2. The van der Waals surface area contributed by atoms with E-state index in [1.54, 1.807) is 30.5 Å². The first-order valence-corrected chi connectivity index (χ1v) is 5.05. The molecule has 0 aliphatic carbocycles. The molecule has 0 bridgehead atoms. The Labute approximate surface area is 98.0 Å². The first-order valence-electron chi connectivity index (χ1n) is 5.05. The highest BCUT2D eigenvalue weighted by atomic mass is 16.4. The van der Waals surface area contributed by atoms with Crippen molar-refractivity contribution in [1.82, 2.24) is 9.97 Å². The Hall–Kier alpha value is -2.43. The van der Waals surface area contributed by atoms with E-state index in [9.17, 15) is 4.79 Å². The average Bonchev–Trinajstić information content (AvgIpc) is 2.28. The minimum absolute atomic E-state index is 0.0177. The number of aromatic nitrogens is 2. The van der Waals surface area contributed by atoms with Crippen LogP contribution in [0.3, 0.4) is 0 Å². The molecule has 0 saturated carbocycles. The molecule has 0 atom stereocenters. The number of nitrogens with two attached hydrogens (primary N) is 1. The van der Waals surface area contributed by atoms with Gasteiger partial charge in [-0.25, -0.2) is 9.97 Å². The number of carboxylic acid groups (broad SMARTS) is 1. The minimum Gasteiger partial charge on any atom is -0.481 e. The predicted molar refractivity (Wildman–Crippen MR) is 63.2 cm³/mol. The van der Waals surface area contributed by atoms with Crippen molar-refractivity contribution in [2.75, 3.05) is 5.73 Å². The zero-order valence-corrected chi connectivity index (χ0v) is 9.00. The maximum Gasteiger partial charge on any atom is 0.307 e. The van der Waals surface area contributed by atoms with E-state index in [0.717, 1.165) is 5.56 Å². The van der Waals surface area contributed by atoms with E-state index < -0.39 is 5.97 Å². The Balaban J connectivity index is 2.36. The van der Waals surface area contributed by atoms with Gasteiger partial charge in [-0.3, -0.25) is 4.79 Å². The van der Waals surface area contributed by atoms with Crippen LogP contribution in [0.5, 0.6) is 0 Å². The van der Waals surface area contributed by atoms with Crippen molar-refractivity contribution in [3.63, 3.8) is 0 Å². The summed E-state index contributed by atoms with van der Waals surface area (Å²) in [5.74, 6) is 0.0199. The maximum atomic E-state index is 10.6. The summed E-state index contributed by atoms with van der Waals surface area (Å²) in [7, 11) is 0. The molecule has 86 valence electrons. The lowest BCUT2D eigenvalue weighted by Crippen LogP contribution is -2.00. The lowest BCUT2D eigenvalue weighted by atomic mass is 10.1. The quantitative estimate of drug-likeness (QED) is 0.829. The SMILES string of the molecule is Nc1ccnc(-c2cccc(CC(=O)O)c2)n1. The van der Waals surface area contributed by atoms with Gasteiger partial charge in [-0.1, -0.05) is 18.2 Å². The van der Waals surface area contributed by atoms with Crippen LogP contribution in [-0.4, -0.2) is 21.0 Å². The number of benzene rings is 1. The average molecular weight is 229 g/mol. The van der Waals surface area contributed by atoms with Gasteiger partial charge < -0.3 is 10.8 Å². The smallest absolute Gasteiger partial charge is 0.307 e. The van der Waals surface area contributed by atoms with Crippen molar-refractivity contribution in [1.29, 1.82) is 0 Å². The molecule has 3 N–H and O–H groups in total. The first kappa shape index (κ1) is 11.1. The highest BCUT2D eigenvalue weighted by Crippen LogP contribution is 2.17. The van der Waals surface area contributed by atoms with E-state index in [-0.39, 0.29) is 6.42 Å². The van der Waals surface area contributed by atoms with Crippen LogP contribution in [0.2, 0.25) is 0 Å². The molecule has 0 saturated heterocycles. The summed E-state index contributed by atoms with van der Waals surface area (Å²) in [6, 6.07) is 8.71. The summed E-state index contributed by atoms with van der Waals surface area (Å²) in [5, 5.41) is 8.72. The Morgan fingerprint density at radius 1 is 1.35 bits per heavy atom. The zero-order chi connectivity index (χ0) is 12.3. The van der Waals surface area contributed by atoms with E-state index in [1.807, 2.05) is 6.07 Å². The van der Waals surface area contributed by atoms with Gasteiger partial charge in [0, 0.05) is 11.8 Å². The molecular weight excluding hydrogens is 218 g/mol. The van der Waals surface area contributed by atoms with Gasteiger partial charge in [0.05, 0.1) is 6.42 Å². The van der Waals surface area contributed by atoms with Gasteiger partial charge in [-0.15, -0.1) is 0 Å². The second kappa shape index (κ2) is 4.61. The molecule has 0 spiro atoms. The standard InChI is InChI=1S/C12H11N3O2/c13-10-4-5-14-12(15-10)9-3-1-2-8(6-9)7-11(16)17/h1-6H,7H2,(H,16,17)(H2,13,14,15). The van der Waals surface area contributed by atoms with Gasteiger partial charge in [-0.05, 0) is 17.7 Å². The van der Waals surface area contributed by atoms with Gasteiger partial charge >= 0.3 is 5.97 Å². The molecule has 2 aromatic rings. The van der Waals surface area contributed by atoms with Gasteiger partial charge in [0.2, 0.25) is 0 Å². The second-order valence-corrected chi connectivity index (χ2v) is 3.58. The largest absolute Gasteiger partial charge is 0.481 e. The molecule has 17 heavy (non-hydrogen) atoms. The third-order valence-corrected chi connectivity index (χ3v) is 2.22. The number of hydrogen-bond donors (Lipinski definition) is 2. The molecule has 0 radical (unpaired) electrons. The molecule has 0 aliphatic heterocycles. The van der Waals surface area contributed by atoms with Crippen LogP contribution in [0.1, 0.15) is 5.56 Å². The first-order chi connectivity index (χ1) is 8.15. The third kappa shape index (κ3) is 2.78. The number of anilines is 1. The van der Waals surface area contributed by atoms with E-state index in [1.165, 1.54) is 0 Å². The molecule has 1 aromatic carbocycles. The van der Waals surface area contributed by atoms with Crippen LogP contribution in [0.4, 0.5) is 5.82 Å². The minimum atomic E-state index is -0.865. The van der Waals surface area contributed by atoms with E-state index in [4.69, 9.17) is 10.8 Å². The lowest BCUT2D eigenvalue weighted by Gasteiger charge is -2.03. The monoisotopic (exact) mass is 229 g/mol. The van der Waals surface area contributed by atoms with Crippen LogP contribution in [0, 0.1) is 0 Å². The van der Waals surface area contributed by atoms with Gasteiger partial charge in [0.25, 0.3) is 0 Å². The second-order valence-electron chi connectivity index (χ2n) is 3.58. The molecule has 2 rings (SSSR count). The molecule has 0 aliphatic rings. The lowest BCUT2D eigenvalue weighted by molar-refractivity contribution is -0.136. The predicted octanol–water partition coefficient (Wildman–Crippen LogP) is 1.35. The Morgan fingerprint density at radius 3 is 2.88 bits per heavy atom. The molecular formula is C12H11N3O2. The molecule has 1 aromatic heterocycles. The maximum absolute atomic E-state index is 10.6. The number of aliphatic carboxylic acids is 1. The summed E-state index contributed by atoms with van der Waals surface area (Å²) in [6.07, 6.45) is 1.55. The molecule has 5 nitrogen and oxygen atoms in total. The molecule has 1 heterocycles. The fraction of sp³-hybridized carbons (Fsp3) is 0.0833. The normalized spacial score (nSPS) is 10.1. The number of carbonyl (C=O) groups is 1. The van der Waals surface area contributed by atoms with E-state index in [0.29, 0.717) is 17.2 Å². The number of rotatable bonds is 3. The summed E-state index contributed by atoms with van der Waals surface area (Å²) in [5.41, 5.74) is 7.04. The summed E-state index contributed by atoms with van der Waals surface area (Å²) in [6.45, 7) is 0. The number of hydrogen-bond acceptors (Lipinski definition) is 4. The van der Waals surface area contributed by atoms with Crippen LogP contribution < -0.4 is 5.73 Å². The van der Waals surface area contributed by atoms with Gasteiger partial charge in [0.15, 0.2) is 5.82 Å². The Kier molecular flexibility index (Phi) is 3.00. The fourth-order valence-corrected chi connectivity index (χ4v) is 1.51. The Bertz CT molecular complexity index is 555. The van der Waals surface area contributed by atoms with Crippen LogP contribution in [-0.2, 0) is 11.2 Å². The highest BCUT2D eigenvalue weighted by molar-refractivity contribution is 5.71. The van der Waals surface area contributed by atoms with Crippen molar-refractivity contribution in [3.05, 3.63) is 42.1 Å². The van der Waals surface area contributed by atoms with Crippen LogP contribution in [0.15, 0.2) is 36.5 Å². The number of carboxylic acids is 1. The summed E-state index contributed by atoms with van der Waals surface area (Å²) < 4.78 is 0. The molecule has 0 amide bonds. The third-order valence-electron chi connectivity index (χ3n) is 2.22. The highest BCUT2D eigenvalue weighted by Gasteiger charge is 2.05. The fourth-order valence-electron chi connectivity index (χ4n) is 1.51. The van der Waals surface area contributed by atoms with Crippen molar-refractivity contribution < 1.29 is 9.90 Å². The summed E-state index contributed by atoms with van der Waals surface area (Å²) >= 11 is 0. The number of nitrogen functional groups attached to an aromatic ring is 1. The van der Waals surface area contributed by atoms with Crippen LogP contribution in [0.25, 0.3) is 11.4 Å². The van der Waals surface area contributed by atoms with E-state index in [2.05, 4.69) is 9.97 Å². The summed E-state index contributed by atoms with van der Waals surface area (Å²) in [4.78, 5) is 18.8. The van der Waals surface area contributed by atoms with Crippen LogP contribution >= 0.6 is 0 Å². The van der Waals surface area contributed by atoms with Gasteiger partial charge in [0.1, 0.15) is 5.82 Å². The zero-order valence-electron chi connectivity index (χ0n) is 9.00. The Morgan fingerprint density at radius 2 is 2.18 bits per heavy atom. The van der Waals surface area contributed by atoms with Crippen molar-refractivity contribution in [3.8, 4) is 11.4 Å². The van der Waals surface area contributed by atoms with E-state index >= 15 is 0 Å².